The first-order valence-corrected chi connectivity index (χ1v) is 8.93. The van der Waals surface area contributed by atoms with E-state index in [0.29, 0.717) is 5.92 Å². The monoisotopic (exact) mass is 302 g/mol. The van der Waals surface area contributed by atoms with Gasteiger partial charge in [0, 0.05) is 43.3 Å². The van der Waals surface area contributed by atoms with Gasteiger partial charge in [-0.3, -0.25) is 4.90 Å². The summed E-state index contributed by atoms with van der Waals surface area (Å²) < 4.78 is 2.41. The standard InChI is InChI=1S/C16H22N4S/c1-2-14(9-19(6-1)10-15-11-21-12-18-15)16-17-5-7-20(16)8-13-3-4-13/h5,7,11-14H,1-4,6,8-10H2. The maximum atomic E-state index is 4.67. The Morgan fingerprint density at radius 3 is 3.00 bits per heavy atom. The summed E-state index contributed by atoms with van der Waals surface area (Å²) in [5.41, 5.74) is 3.14. The van der Waals surface area contributed by atoms with Gasteiger partial charge in [0.05, 0.1) is 11.2 Å². The summed E-state index contributed by atoms with van der Waals surface area (Å²) in [7, 11) is 0. The molecule has 0 radical (unpaired) electrons. The van der Waals surface area contributed by atoms with Gasteiger partial charge in [-0.15, -0.1) is 11.3 Å². The van der Waals surface area contributed by atoms with Crippen LogP contribution in [0.15, 0.2) is 23.3 Å². The number of likely N-dealkylation sites (tertiary alicyclic amines) is 1. The zero-order chi connectivity index (χ0) is 14.1. The summed E-state index contributed by atoms with van der Waals surface area (Å²) in [5.74, 6) is 2.81. The van der Waals surface area contributed by atoms with Gasteiger partial charge in [0.2, 0.25) is 0 Å². The molecule has 2 aromatic rings. The largest absolute Gasteiger partial charge is 0.334 e. The van der Waals surface area contributed by atoms with E-state index in [2.05, 4.69) is 31.0 Å². The molecule has 3 heterocycles. The van der Waals surface area contributed by atoms with Crippen LogP contribution in [0.25, 0.3) is 0 Å². The lowest BCUT2D eigenvalue weighted by molar-refractivity contribution is 0.192. The van der Waals surface area contributed by atoms with Crippen LogP contribution in [0.3, 0.4) is 0 Å². The quantitative estimate of drug-likeness (QED) is 0.851. The highest BCUT2D eigenvalue weighted by atomic mass is 32.1. The molecule has 1 saturated heterocycles. The third kappa shape index (κ3) is 3.19. The van der Waals surface area contributed by atoms with Gasteiger partial charge in [-0.2, -0.15) is 0 Å². The van der Waals surface area contributed by atoms with Gasteiger partial charge in [0.25, 0.3) is 0 Å². The Morgan fingerprint density at radius 2 is 2.19 bits per heavy atom. The minimum Gasteiger partial charge on any atom is -0.334 e. The maximum Gasteiger partial charge on any atom is 0.113 e. The van der Waals surface area contributed by atoms with E-state index >= 15 is 0 Å². The fraction of sp³-hybridized carbons (Fsp3) is 0.625. The second-order valence-corrected chi connectivity index (χ2v) is 7.15. The van der Waals surface area contributed by atoms with Crippen molar-refractivity contribution in [1.82, 2.24) is 19.4 Å². The molecule has 1 aliphatic heterocycles. The van der Waals surface area contributed by atoms with Gasteiger partial charge < -0.3 is 4.57 Å². The minimum atomic E-state index is 0.589. The second-order valence-electron chi connectivity index (χ2n) is 6.44. The summed E-state index contributed by atoms with van der Waals surface area (Å²) in [4.78, 5) is 11.6. The molecule has 1 unspecified atom stereocenters. The van der Waals surface area contributed by atoms with Crippen LogP contribution >= 0.6 is 11.3 Å². The molecule has 0 bridgehead atoms. The van der Waals surface area contributed by atoms with Crippen molar-refractivity contribution in [1.29, 1.82) is 0 Å². The number of aromatic nitrogens is 3. The van der Waals surface area contributed by atoms with Crippen molar-refractivity contribution in [3.63, 3.8) is 0 Å². The Labute approximate surface area is 129 Å². The number of hydrogen-bond acceptors (Lipinski definition) is 4. The number of piperidine rings is 1. The molecule has 4 nitrogen and oxygen atoms in total. The Bertz CT molecular complexity index is 573. The van der Waals surface area contributed by atoms with E-state index in [1.165, 1.54) is 50.3 Å². The molecule has 0 spiro atoms. The summed E-state index contributed by atoms with van der Waals surface area (Å²) in [6.07, 6.45) is 9.50. The van der Waals surface area contributed by atoms with Gasteiger partial charge in [-0.05, 0) is 38.1 Å². The van der Waals surface area contributed by atoms with Crippen molar-refractivity contribution in [3.8, 4) is 0 Å². The van der Waals surface area contributed by atoms with Crippen LogP contribution in [0, 0.1) is 5.92 Å². The lowest BCUT2D eigenvalue weighted by Gasteiger charge is -2.32. The Kier molecular flexibility index (Phi) is 3.78. The van der Waals surface area contributed by atoms with E-state index in [9.17, 15) is 0 Å². The fourth-order valence-electron chi connectivity index (χ4n) is 3.37. The van der Waals surface area contributed by atoms with Crippen LogP contribution in [-0.4, -0.2) is 32.5 Å². The van der Waals surface area contributed by atoms with E-state index in [0.717, 1.165) is 19.0 Å². The van der Waals surface area contributed by atoms with Crippen molar-refractivity contribution in [2.75, 3.05) is 13.1 Å². The Morgan fingerprint density at radius 1 is 1.24 bits per heavy atom. The molecule has 0 amide bonds. The summed E-state index contributed by atoms with van der Waals surface area (Å²) >= 11 is 1.69. The van der Waals surface area contributed by atoms with Crippen molar-refractivity contribution >= 4 is 11.3 Å². The van der Waals surface area contributed by atoms with E-state index in [4.69, 9.17) is 0 Å². The van der Waals surface area contributed by atoms with Gasteiger partial charge in [-0.25, -0.2) is 9.97 Å². The number of rotatable bonds is 5. The minimum absolute atomic E-state index is 0.589. The van der Waals surface area contributed by atoms with E-state index < -0.39 is 0 Å². The lowest BCUT2D eigenvalue weighted by Crippen LogP contribution is -2.35. The number of nitrogens with zero attached hydrogens (tertiary/aromatic N) is 4. The van der Waals surface area contributed by atoms with E-state index in [1.807, 2.05) is 11.7 Å². The molecular formula is C16H22N4S. The van der Waals surface area contributed by atoms with Crippen molar-refractivity contribution in [2.24, 2.45) is 5.92 Å². The highest BCUT2D eigenvalue weighted by molar-refractivity contribution is 7.07. The Balaban J connectivity index is 1.43. The number of thiazole rings is 1. The molecule has 0 N–H and O–H groups in total. The van der Waals surface area contributed by atoms with Crippen molar-refractivity contribution < 1.29 is 0 Å². The van der Waals surface area contributed by atoms with Gasteiger partial charge in [0.15, 0.2) is 0 Å². The van der Waals surface area contributed by atoms with Crippen LogP contribution in [0.2, 0.25) is 0 Å². The average molecular weight is 302 g/mol. The van der Waals surface area contributed by atoms with Crippen LogP contribution < -0.4 is 0 Å². The van der Waals surface area contributed by atoms with E-state index in [-0.39, 0.29) is 0 Å². The summed E-state index contributed by atoms with van der Waals surface area (Å²) in [6.45, 7) is 4.48. The number of imidazole rings is 1. The molecule has 2 aromatic heterocycles. The summed E-state index contributed by atoms with van der Waals surface area (Å²) in [5, 5.41) is 2.16. The molecule has 21 heavy (non-hydrogen) atoms. The normalized spacial score (nSPS) is 23.5. The molecule has 2 fully saturated rings. The molecule has 1 aliphatic carbocycles. The smallest absolute Gasteiger partial charge is 0.113 e. The Hall–Kier alpha value is -1.20. The highest BCUT2D eigenvalue weighted by Gasteiger charge is 2.27. The van der Waals surface area contributed by atoms with Crippen LogP contribution in [0.1, 0.15) is 43.1 Å². The van der Waals surface area contributed by atoms with Crippen LogP contribution in [0.5, 0.6) is 0 Å². The highest BCUT2D eigenvalue weighted by Crippen LogP contribution is 2.33. The van der Waals surface area contributed by atoms with E-state index in [1.54, 1.807) is 11.3 Å². The van der Waals surface area contributed by atoms with Crippen molar-refractivity contribution in [3.05, 3.63) is 34.8 Å². The molecule has 2 aliphatic rings. The first-order valence-electron chi connectivity index (χ1n) is 7.99. The van der Waals surface area contributed by atoms with Gasteiger partial charge in [0.1, 0.15) is 5.82 Å². The van der Waals surface area contributed by atoms with Gasteiger partial charge in [-0.1, -0.05) is 0 Å². The lowest BCUT2D eigenvalue weighted by atomic mass is 9.97. The zero-order valence-electron chi connectivity index (χ0n) is 12.3. The van der Waals surface area contributed by atoms with Crippen LogP contribution in [0.4, 0.5) is 0 Å². The molecule has 1 atom stereocenters. The molecule has 4 rings (SSSR count). The maximum absolute atomic E-state index is 4.67. The SMILES string of the molecule is c1cn(CC2CC2)c(C2CCCN(Cc3cscn3)C2)n1. The molecule has 0 aromatic carbocycles. The topological polar surface area (TPSA) is 34.0 Å². The second kappa shape index (κ2) is 5.89. The summed E-state index contributed by atoms with van der Waals surface area (Å²) in [6, 6.07) is 0. The molecule has 112 valence electrons. The first-order chi connectivity index (χ1) is 10.4. The average Bonchev–Trinajstić information content (AvgIpc) is 2.98. The van der Waals surface area contributed by atoms with Crippen LogP contribution in [-0.2, 0) is 13.1 Å². The molecule has 5 heteroatoms. The zero-order valence-corrected chi connectivity index (χ0v) is 13.1. The predicted molar refractivity (Wildman–Crippen MR) is 84.3 cm³/mol. The third-order valence-corrected chi connectivity index (χ3v) is 5.27. The molecular weight excluding hydrogens is 280 g/mol. The van der Waals surface area contributed by atoms with Crippen molar-refractivity contribution in [2.45, 2.75) is 44.7 Å². The first kappa shape index (κ1) is 13.5. The predicted octanol–water partition coefficient (Wildman–Crippen LogP) is 3.13. The fourth-order valence-corrected chi connectivity index (χ4v) is 3.92. The molecule has 1 saturated carbocycles. The van der Waals surface area contributed by atoms with Gasteiger partial charge >= 0.3 is 0 Å². The number of hydrogen-bond donors (Lipinski definition) is 0. The third-order valence-electron chi connectivity index (χ3n) is 4.64.